The Hall–Kier alpha value is -2.46. The highest BCUT2D eigenvalue weighted by Gasteiger charge is 2.36. The van der Waals surface area contributed by atoms with Gasteiger partial charge in [-0.25, -0.2) is 0 Å². The topological polar surface area (TPSA) is 41.1 Å². The van der Waals surface area contributed by atoms with Crippen molar-refractivity contribution in [3.8, 4) is 0 Å². The molecule has 1 aliphatic heterocycles. The molecule has 3 aromatic carbocycles. The number of carbonyl (C=O) groups is 1. The van der Waals surface area contributed by atoms with E-state index < -0.39 is 0 Å². The van der Waals surface area contributed by atoms with Crippen LogP contribution in [0.25, 0.3) is 0 Å². The highest BCUT2D eigenvalue weighted by molar-refractivity contribution is 6.42. The molecule has 0 fully saturated rings. The summed E-state index contributed by atoms with van der Waals surface area (Å²) in [6.07, 6.45) is 1.18. The van der Waals surface area contributed by atoms with E-state index in [1.54, 1.807) is 6.07 Å². The molecule has 156 valence electrons. The molecule has 1 heterocycles. The quantitative estimate of drug-likeness (QED) is 0.405. The summed E-state index contributed by atoms with van der Waals surface area (Å²) >= 11 is 18.5. The normalized spacial score (nSPS) is 20.3. The molecule has 0 amide bonds. The summed E-state index contributed by atoms with van der Waals surface area (Å²) in [6, 6.07) is 20.9. The van der Waals surface area contributed by atoms with Gasteiger partial charge in [0.25, 0.3) is 0 Å². The third-order valence-corrected chi connectivity index (χ3v) is 6.92. The summed E-state index contributed by atoms with van der Waals surface area (Å²) < 4.78 is 0. The first-order valence-corrected chi connectivity index (χ1v) is 11.2. The molecule has 0 bridgehead atoms. The van der Waals surface area contributed by atoms with Crippen LogP contribution in [0.1, 0.15) is 35.9 Å². The molecule has 2 N–H and O–H groups in total. The standard InChI is InChI=1S/C25H19Cl3N2O/c26-17-8-5-14(6-9-17)16-12-22-24(23(31)13-16)25(15-7-10-18(27)19(28)11-15)30-21-4-2-1-3-20(21)29-22/h1-11,16,25,29-30H,12-13H2/t16-,25+/m0/s1. The Labute approximate surface area is 196 Å². The zero-order valence-corrected chi connectivity index (χ0v) is 18.7. The first-order chi connectivity index (χ1) is 15.0. The summed E-state index contributed by atoms with van der Waals surface area (Å²) in [6.45, 7) is 0. The van der Waals surface area contributed by atoms with Crippen molar-refractivity contribution >= 4 is 52.0 Å². The lowest BCUT2D eigenvalue weighted by Crippen LogP contribution is -2.26. The number of hydrogen-bond acceptors (Lipinski definition) is 3. The number of halogens is 3. The van der Waals surface area contributed by atoms with Gasteiger partial charge in [0.2, 0.25) is 0 Å². The fourth-order valence-electron chi connectivity index (χ4n) is 4.40. The van der Waals surface area contributed by atoms with Crippen molar-refractivity contribution in [2.45, 2.75) is 24.8 Å². The summed E-state index contributed by atoms with van der Waals surface area (Å²) in [4.78, 5) is 13.5. The van der Waals surface area contributed by atoms with Crippen LogP contribution >= 0.6 is 34.8 Å². The maximum Gasteiger partial charge on any atom is 0.163 e. The van der Waals surface area contributed by atoms with Crippen molar-refractivity contribution in [3.63, 3.8) is 0 Å². The lowest BCUT2D eigenvalue weighted by atomic mass is 9.78. The van der Waals surface area contributed by atoms with Gasteiger partial charge in [0.1, 0.15) is 0 Å². The van der Waals surface area contributed by atoms with E-state index in [4.69, 9.17) is 34.8 Å². The van der Waals surface area contributed by atoms with Gasteiger partial charge in [0.05, 0.1) is 27.5 Å². The van der Waals surface area contributed by atoms with Crippen molar-refractivity contribution in [2.24, 2.45) is 0 Å². The number of para-hydroxylation sites is 2. The van der Waals surface area contributed by atoms with E-state index >= 15 is 0 Å². The van der Waals surface area contributed by atoms with Gasteiger partial charge in [-0.2, -0.15) is 0 Å². The summed E-state index contributed by atoms with van der Waals surface area (Å²) in [5.41, 5.74) is 5.58. The first-order valence-electron chi connectivity index (χ1n) is 10.1. The maximum atomic E-state index is 13.5. The highest BCUT2D eigenvalue weighted by Crippen LogP contribution is 2.44. The smallest absolute Gasteiger partial charge is 0.163 e. The van der Waals surface area contributed by atoms with Crippen molar-refractivity contribution in [1.82, 2.24) is 0 Å². The Bertz CT molecular complexity index is 1200. The van der Waals surface area contributed by atoms with Crippen LogP contribution in [0.5, 0.6) is 0 Å². The average molecular weight is 470 g/mol. The first kappa shape index (κ1) is 20.4. The molecule has 31 heavy (non-hydrogen) atoms. The number of benzene rings is 3. The maximum absolute atomic E-state index is 13.5. The van der Waals surface area contributed by atoms with E-state index in [0.717, 1.165) is 40.2 Å². The number of rotatable bonds is 2. The largest absolute Gasteiger partial charge is 0.372 e. The van der Waals surface area contributed by atoms with Crippen LogP contribution in [-0.4, -0.2) is 5.78 Å². The number of anilines is 2. The molecule has 6 heteroatoms. The fraction of sp³-hybridized carbons (Fsp3) is 0.160. The van der Waals surface area contributed by atoms with Crippen LogP contribution in [0.3, 0.4) is 0 Å². The molecule has 5 rings (SSSR count). The van der Waals surface area contributed by atoms with Crippen LogP contribution in [-0.2, 0) is 4.79 Å². The van der Waals surface area contributed by atoms with E-state index in [1.807, 2.05) is 60.7 Å². The molecule has 0 unspecified atom stereocenters. The van der Waals surface area contributed by atoms with E-state index in [2.05, 4.69) is 10.6 Å². The monoisotopic (exact) mass is 468 g/mol. The fourth-order valence-corrected chi connectivity index (χ4v) is 4.84. The number of Topliss-reactive ketones (excluding diaryl/α,β-unsaturated/α-hetero) is 1. The molecule has 0 saturated heterocycles. The SMILES string of the molecule is O=C1C[C@@H](c2ccc(Cl)cc2)CC2=C1[C@@H](c1ccc(Cl)c(Cl)c1)Nc1ccccc1N2. The van der Waals surface area contributed by atoms with Crippen molar-refractivity contribution in [3.05, 3.63) is 104 Å². The average Bonchev–Trinajstić information content (AvgIpc) is 2.93. The van der Waals surface area contributed by atoms with Gasteiger partial charge in [-0.05, 0) is 59.9 Å². The molecule has 0 aromatic heterocycles. The second-order valence-corrected chi connectivity index (χ2v) is 9.14. The molecular weight excluding hydrogens is 451 g/mol. The van der Waals surface area contributed by atoms with Gasteiger partial charge in [0.15, 0.2) is 5.78 Å². The summed E-state index contributed by atoms with van der Waals surface area (Å²) in [7, 11) is 0. The summed E-state index contributed by atoms with van der Waals surface area (Å²) in [5, 5.41) is 8.74. The van der Waals surface area contributed by atoms with E-state index in [1.165, 1.54) is 0 Å². The van der Waals surface area contributed by atoms with Crippen LogP contribution in [0.4, 0.5) is 11.4 Å². The number of allylic oxidation sites excluding steroid dienone is 1. The minimum atomic E-state index is -0.320. The second kappa shape index (κ2) is 8.23. The molecule has 0 spiro atoms. The van der Waals surface area contributed by atoms with Crippen molar-refractivity contribution < 1.29 is 4.79 Å². The minimum Gasteiger partial charge on any atom is -0.372 e. The number of fused-ring (bicyclic) bond motifs is 1. The van der Waals surface area contributed by atoms with Crippen molar-refractivity contribution in [1.29, 1.82) is 0 Å². The van der Waals surface area contributed by atoms with Crippen LogP contribution in [0.15, 0.2) is 78.0 Å². The van der Waals surface area contributed by atoms with Gasteiger partial charge in [-0.1, -0.05) is 65.1 Å². The zero-order valence-electron chi connectivity index (χ0n) is 16.5. The van der Waals surface area contributed by atoms with Crippen LogP contribution in [0, 0.1) is 0 Å². The Balaban J connectivity index is 1.61. The molecule has 2 atom stereocenters. The molecule has 0 saturated carbocycles. The Morgan fingerprint density at radius 3 is 2.23 bits per heavy atom. The van der Waals surface area contributed by atoms with Gasteiger partial charge in [-0.3, -0.25) is 4.79 Å². The van der Waals surface area contributed by atoms with Crippen LogP contribution in [0.2, 0.25) is 15.1 Å². The second-order valence-electron chi connectivity index (χ2n) is 7.89. The molecule has 0 radical (unpaired) electrons. The van der Waals surface area contributed by atoms with E-state index in [9.17, 15) is 4.79 Å². The Morgan fingerprint density at radius 2 is 1.48 bits per heavy atom. The Morgan fingerprint density at radius 1 is 0.774 bits per heavy atom. The minimum absolute atomic E-state index is 0.0933. The lowest BCUT2D eigenvalue weighted by molar-refractivity contribution is -0.116. The number of carbonyl (C=O) groups excluding carboxylic acids is 1. The molecule has 2 aliphatic rings. The lowest BCUT2D eigenvalue weighted by Gasteiger charge is -2.30. The van der Waals surface area contributed by atoms with Crippen molar-refractivity contribution in [2.75, 3.05) is 10.6 Å². The van der Waals surface area contributed by atoms with E-state index in [0.29, 0.717) is 21.5 Å². The van der Waals surface area contributed by atoms with Gasteiger partial charge < -0.3 is 10.6 Å². The zero-order chi connectivity index (χ0) is 21.5. The molecule has 1 aliphatic carbocycles. The number of ketones is 1. The predicted octanol–water partition coefficient (Wildman–Crippen LogP) is 7.63. The molecule has 3 nitrogen and oxygen atoms in total. The third kappa shape index (κ3) is 3.94. The molecular formula is C25H19Cl3N2O. The van der Waals surface area contributed by atoms with Gasteiger partial charge >= 0.3 is 0 Å². The predicted molar refractivity (Wildman–Crippen MR) is 128 cm³/mol. The molecule has 3 aromatic rings. The number of hydrogen-bond donors (Lipinski definition) is 2. The number of nitrogens with one attached hydrogen (secondary N) is 2. The highest BCUT2D eigenvalue weighted by atomic mass is 35.5. The van der Waals surface area contributed by atoms with Gasteiger partial charge in [-0.15, -0.1) is 0 Å². The third-order valence-electron chi connectivity index (χ3n) is 5.93. The Kier molecular flexibility index (Phi) is 5.43. The van der Waals surface area contributed by atoms with Crippen LogP contribution < -0.4 is 10.6 Å². The van der Waals surface area contributed by atoms with Gasteiger partial charge in [0, 0.05) is 22.7 Å². The van der Waals surface area contributed by atoms with E-state index in [-0.39, 0.29) is 17.7 Å². The summed E-state index contributed by atoms with van der Waals surface area (Å²) in [5.74, 6) is 0.209.